The number of benzene rings is 2. The SMILES string of the molecule is CN(C(=O)COC(=O)c1ccc(F)cc1N)c1ccccc1. The van der Waals surface area contributed by atoms with Crippen LogP contribution in [0.15, 0.2) is 48.5 Å². The lowest BCUT2D eigenvalue weighted by molar-refractivity contribution is -0.121. The standard InChI is InChI=1S/C16H15FN2O3/c1-19(12-5-3-2-4-6-12)15(20)10-22-16(21)13-8-7-11(17)9-14(13)18/h2-9H,10,18H2,1H3. The lowest BCUT2D eigenvalue weighted by Crippen LogP contribution is -2.31. The van der Waals surface area contributed by atoms with Crippen LogP contribution in [0, 0.1) is 5.82 Å². The summed E-state index contributed by atoms with van der Waals surface area (Å²) in [5, 5.41) is 0. The Labute approximate surface area is 127 Å². The Kier molecular flexibility index (Phi) is 4.73. The van der Waals surface area contributed by atoms with Crippen LogP contribution in [0.4, 0.5) is 15.8 Å². The van der Waals surface area contributed by atoms with Crippen LogP contribution < -0.4 is 10.6 Å². The van der Waals surface area contributed by atoms with Crippen LogP contribution in [0.5, 0.6) is 0 Å². The lowest BCUT2D eigenvalue weighted by atomic mass is 10.2. The van der Waals surface area contributed by atoms with E-state index in [0.29, 0.717) is 5.69 Å². The molecule has 0 aliphatic carbocycles. The Morgan fingerprint density at radius 2 is 1.86 bits per heavy atom. The molecule has 0 atom stereocenters. The minimum absolute atomic E-state index is 0.0246. The molecule has 6 heteroatoms. The number of para-hydroxylation sites is 1. The summed E-state index contributed by atoms with van der Waals surface area (Å²) in [5.74, 6) is -1.71. The zero-order valence-electron chi connectivity index (χ0n) is 12.0. The first-order valence-corrected chi connectivity index (χ1v) is 6.53. The van der Waals surface area contributed by atoms with Gasteiger partial charge in [0.05, 0.1) is 5.56 Å². The molecule has 2 N–H and O–H groups in total. The lowest BCUT2D eigenvalue weighted by Gasteiger charge is -2.17. The molecule has 0 fully saturated rings. The number of esters is 1. The maximum absolute atomic E-state index is 12.9. The molecule has 2 aromatic rings. The van der Waals surface area contributed by atoms with Crippen LogP contribution in [0.2, 0.25) is 0 Å². The Balaban J connectivity index is 1.97. The van der Waals surface area contributed by atoms with E-state index < -0.39 is 18.4 Å². The summed E-state index contributed by atoms with van der Waals surface area (Å²) < 4.78 is 17.8. The van der Waals surface area contributed by atoms with E-state index in [1.165, 1.54) is 11.0 Å². The number of nitrogens with zero attached hydrogens (tertiary/aromatic N) is 1. The molecule has 0 heterocycles. The maximum atomic E-state index is 12.9. The smallest absolute Gasteiger partial charge is 0.340 e. The average Bonchev–Trinajstić information content (AvgIpc) is 2.52. The van der Waals surface area contributed by atoms with Gasteiger partial charge in [0.15, 0.2) is 6.61 Å². The van der Waals surface area contributed by atoms with Crippen LogP contribution >= 0.6 is 0 Å². The number of ether oxygens (including phenoxy) is 1. The molecule has 0 radical (unpaired) electrons. The molecule has 5 nitrogen and oxygen atoms in total. The van der Waals surface area contributed by atoms with E-state index in [4.69, 9.17) is 10.5 Å². The largest absolute Gasteiger partial charge is 0.452 e. The number of anilines is 2. The zero-order chi connectivity index (χ0) is 16.1. The highest BCUT2D eigenvalue weighted by Gasteiger charge is 2.16. The summed E-state index contributed by atoms with van der Waals surface area (Å²) in [6, 6.07) is 12.3. The number of likely N-dealkylation sites (N-methyl/N-ethyl adjacent to an activating group) is 1. The van der Waals surface area contributed by atoms with Crippen molar-refractivity contribution < 1.29 is 18.7 Å². The number of hydrogen-bond acceptors (Lipinski definition) is 4. The predicted octanol–water partition coefficient (Wildman–Crippen LogP) is 2.23. The van der Waals surface area contributed by atoms with Gasteiger partial charge < -0.3 is 15.4 Å². The van der Waals surface area contributed by atoms with E-state index in [1.54, 1.807) is 31.3 Å². The quantitative estimate of drug-likeness (QED) is 0.694. The van der Waals surface area contributed by atoms with Crippen molar-refractivity contribution in [3.63, 3.8) is 0 Å². The monoisotopic (exact) mass is 302 g/mol. The summed E-state index contributed by atoms with van der Waals surface area (Å²) in [4.78, 5) is 25.2. The van der Waals surface area contributed by atoms with Gasteiger partial charge in [0.25, 0.3) is 5.91 Å². The van der Waals surface area contributed by atoms with Gasteiger partial charge in [-0.25, -0.2) is 9.18 Å². The summed E-state index contributed by atoms with van der Waals surface area (Å²) in [6.45, 7) is -0.430. The summed E-state index contributed by atoms with van der Waals surface area (Å²) in [7, 11) is 1.58. The Morgan fingerprint density at radius 3 is 2.50 bits per heavy atom. The van der Waals surface area contributed by atoms with Crippen LogP contribution in [-0.4, -0.2) is 25.5 Å². The van der Waals surface area contributed by atoms with Gasteiger partial charge in [0.2, 0.25) is 0 Å². The highest BCUT2D eigenvalue weighted by Crippen LogP contribution is 2.15. The molecule has 2 aromatic carbocycles. The molecule has 0 saturated carbocycles. The second-order valence-corrected chi connectivity index (χ2v) is 4.60. The number of carbonyl (C=O) groups excluding carboxylic acids is 2. The number of halogens is 1. The molecule has 0 aliphatic heterocycles. The molecule has 0 unspecified atom stereocenters. The third kappa shape index (κ3) is 3.60. The molecule has 114 valence electrons. The highest BCUT2D eigenvalue weighted by molar-refractivity contribution is 5.98. The predicted molar refractivity (Wildman–Crippen MR) is 80.9 cm³/mol. The van der Waals surface area contributed by atoms with E-state index in [0.717, 1.165) is 12.1 Å². The van der Waals surface area contributed by atoms with Gasteiger partial charge in [-0.3, -0.25) is 4.79 Å². The molecular weight excluding hydrogens is 287 g/mol. The van der Waals surface area contributed by atoms with Crippen molar-refractivity contribution in [2.24, 2.45) is 0 Å². The number of nitrogens with two attached hydrogens (primary N) is 1. The van der Waals surface area contributed by atoms with E-state index in [9.17, 15) is 14.0 Å². The Morgan fingerprint density at radius 1 is 1.18 bits per heavy atom. The van der Waals surface area contributed by atoms with Crippen LogP contribution in [0.3, 0.4) is 0 Å². The molecule has 0 saturated heterocycles. The van der Waals surface area contributed by atoms with Crippen molar-refractivity contribution >= 4 is 23.3 Å². The summed E-state index contributed by atoms with van der Waals surface area (Å²) in [6.07, 6.45) is 0. The van der Waals surface area contributed by atoms with Crippen molar-refractivity contribution in [1.82, 2.24) is 0 Å². The number of rotatable bonds is 4. The van der Waals surface area contributed by atoms with Gasteiger partial charge >= 0.3 is 5.97 Å². The fourth-order valence-electron chi connectivity index (χ4n) is 1.82. The Bertz CT molecular complexity index is 689. The number of nitrogen functional groups attached to an aromatic ring is 1. The minimum atomic E-state index is -0.771. The van der Waals surface area contributed by atoms with E-state index in [2.05, 4.69) is 0 Å². The normalized spacial score (nSPS) is 10.1. The van der Waals surface area contributed by atoms with Gasteiger partial charge in [0, 0.05) is 18.4 Å². The van der Waals surface area contributed by atoms with Crippen LogP contribution in [0.1, 0.15) is 10.4 Å². The molecule has 0 aromatic heterocycles. The third-order valence-electron chi connectivity index (χ3n) is 3.08. The number of hydrogen-bond donors (Lipinski definition) is 1. The molecule has 0 spiro atoms. The first-order chi connectivity index (χ1) is 10.5. The second-order valence-electron chi connectivity index (χ2n) is 4.60. The molecule has 22 heavy (non-hydrogen) atoms. The van der Waals surface area contributed by atoms with Crippen molar-refractivity contribution in [3.05, 3.63) is 59.9 Å². The van der Waals surface area contributed by atoms with Gasteiger partial charge in [-0.2, -0.15) is 0 Å². The average molecular weight is 302 g/mol. The molecule has 0 aliphatic rings. The van der Waals surface area contributed by atoms with Crippen LogP contribution in [-0.2, 0) is 9.53 Å². The van der Waals surface area contributed by atoms with Crippen LogP contribution in [0.25, 0.3) is 0 Å². The number of carbonyl (C=O) groups is 2. The second kappa shape index (κ2) is 6.71. The van der Waals surface area contributed by atoms with Gasteiger partial charge in [-0.05, 0) is 30.3 Å². The molecule has 1 amide bonds. The van der Waals surface area contributed by atoms with Gasteiger partial charge in [-0.1, -0.05) is 18.2 Å². The fourth-order valence-corrected chi connectivity index (χ4v) is 1.82. The van der Waals surface area contributed by atoms with Crippen molar-refractivity contribution in [3.8, 4) is 0 Å². The minimum Gasteiger partial charge on any atom is -0.452 e. The van der Waals surface area contributed by atoms with Crippen molar-refractivity contribution in [2.75, 3.05) is 24.3 Å². The van der Waals surface area contributed by atoms with Gasteiger partial charge in [-0.15, -0.1) is 0 Å². The molecule has 0 bridgehead atoms. The fraction of sp³-hybridized carbons (Fsp3) is 0.125. The third-order valence-corrected chi connectivity index (χ3v) is 3.08. The van der Waals surface area contributed by atoms with Gasteiger partial charge in [0.1, 0.15) is 5.82 Å². The zero-order valence-corrected chi connectivity index (χ0v) is 12.0. The summed E-state index contributed by atoms with van der Waals surface area (Å²) >= 11 is 0. The number of amides is 1. The summed E-state index contributed by atoms with van der Waals surface area (Å²) in [5.41, 5.74) is 6.22. The van der Waals surface area contributed by atoms with E-state index >= 15 is 0 Å². The molecule has 2 rings (SSSR count). The first kappa shape index (κ1) is 15.5. The maximum Gasteiger partial charge on any atom is 0.340 e. The van der Waals surface area contributed by atoms with Crippen molar-refractivity contribution in [2.45, 2.75) is 0 Å². The Hall–Kier alpha value is -2.89. The highest BCUT2D eigenvalue weighted by atomic mass is 19.1. The van der Waals surface area contributed by atoms with E-state index in [-0.39, 0.29) is 17.2 Å². The molecular formula is C16H15FN2O3. The van der Waals surface area contributed by atoms with Crippen molar-refractivity contribution in [1.29, 1.82) is 0 Å². The topological polar surface area (TPSA) is 72.6 Å². The first-order valence-electron chi connectivity index (χ1n) is 6.53. The van der Waals surface area contributed by atoms with E-state index in [1.807, 2.05) is 6.07 Å².